The molecule has 0 aliphatic rings. The number of benzene rings is 2. The number of nitrogens with zero attached hydrogens (tertiary/aromatic N) is 3. The highest BCUT2D eigenvalue weighted by Gasteiger charge is 2.26. The molecule has 0 aliphatic carbocycles. The van der Waals surface area contributed by atoms with Crippen LogP contribution >= 0.6 is 27.3 Å². The van der Waals surface area contributed by atoms with Crippen molar-refractivity contribution in [2.75, 3.05) is 37.8 Å². The number of rotatable bonds is 8. The zero-order valence-electron chi connectivity index (χ0n) is 17.1. The summed E-state index contributed by atoms with van der Waals surface area (Å²) in [5.74, 6) is -1.05. The Labute approximate surface area is 189 Å². The lowest BCUT2D eigenvalue weighted by Gasteiger charge is -2.21. The van der Waals surface area contributed by atoms with Crippen molar-refractivity contribution in [2.45, 2.75) is 18.2 Å². The van der Waals surface area contributed by atoms with Crippen molar-refractivity contribution in [3.05, 3.63) is 52.5 Å². The van der Waals surface area contributed by atoms with Gasteiger partial charge < -0.3 is 4.90 Å². The van der Waals surface area contributed by atoms with Gasteiger partial charge in [0.05, 0.1) is 15.1 Å². The molecule has 30 heavy (non-hydrogen) atoms. The first kappa shape index (κ1) is 22.9. The van der Waals surface area contributed by atoms with E-state index in [0.717, 1.165) is 26.8 Å². The molecular weight excluding hydrogens is 486 g/mol. The van der Waals surface area contributed by atoms with Gasteiger partial charge in [-0.1, -0.05) is 45.0 Å². The van der Waals surface area contributed by atoms with E-state index < -0.39 is 21.5 Å². The minimum Gasteiger partial charge on any atom is -0.309 e. The van der Waals surface area contributed by atoms with Crippen LogP contribution in [0.15, 0.2) is 51.8 Å². The lowest BCUT2D eigenvalue weighted by molar-refractivity contribution is -0.116. The molecule has 2 aromatic carbocycles. The maximum Gasteiger partial charge on any atom is 0.244 e. The van der Waals surface area contributed by atoms with E-state index in [1.165, 1.54) is 16.2 Å². The van der Waals surface area contributed by atoms with Crippen LogP contribution in [0.25, 0.3) is 10.2 Å². The standard InChI is InChI=1S/C21H24BrN3O3S2/c1-15-5-8-17(9-6-15)30(27,28)14-20(26)25(12-4-11-24(2)3)21-23-18-10-7-16(22)13-19(18)29-21/h5-10,13H,4,11-12,14H2,1-3H3. The molecule has 1 amide bonds. The lowest BCUT2D eigenvalue weighted by atomic mass is 10.2. The summed E-state index contributed by atoms with van der Waals surface area (Å²) >= 11 is 4.84. The molecular formula is C21H24BrN3O3S2. The smallest absolute Gasteiger partial charge is 0.244 e. The quantitative estimate of drug-likeness (QED) is 0.456. The van der Waals surface area contributed by atoms with Crippen molar-refractivity contribution in [1.29, 1.82) is 0 Å². The fourth-order valence-corrected chi connectivity index (χ4v) is 5.70. The number of hydrogen-bond acceptors (Lipinski definition) is 6. The van der Waals surface area contributed by atoms with Crippen LogP contribution in [-0.2, 0) is 14.6 Å². The Morgan fingerprint density at radius 3 is 2.47 bits per heavy atom. The normalized spacial score (nSPS) is 11.9. The van der Waals surface area contributed by atoms with Crippen LogP contribution < -0.4 is 4.90 Å². The number of carbonyl (C=O) groups excluding carboxylic acids is 1. The molecule has 9 heteroatoms. The zero-order chi connectivity index (χ0) is 21.9. The Morgan fingerprint density at radius 2 is 1.80 bits per heavy atom. The number of thiazole rings is 1. The van der Waals surface area contributed by atoms with Crippen molar-refractivity contribution < 1.29 is 13.2 Å². The summed E-state index contributed by atoms with van der Waals surface area (Å²) in [6.07, 6.45) is 0.711. The molecule has 0 fully saturated rings. The molecule has 0 saturated carbocycles. The second kappa shape index (κ2) is 9.55. The summed E-state index contributed by atoms with van der Waals surface area (Å²) in [4.78, 5) is 21.4. The van der Waals surface area contributed by atoms with Gasteiger partial charge in [0, 0.05) is 11.0 Å². The molecule has 0 atom stereocenters. The molecule has 0 spiro atoms. The number of hydrogen-bond donors (Lipinski definition) is 0. The second-order valence-electron chi connectivity index (χ2n) is 7.38. The fraction of sp³-hybridized carbons (Fsp3) is 0.333. The number of aromatic nitrogens is 1. The third-order valence-electron chi connectivity index (χ3n) is 4.55. The molecule has 1 heterocycles. The Kier molecular flexibility index (Phi) is 7.28. The molecule has 0 aliphatic heterocycles. The molecule has 0 saturated heterocycles. The maximum atomic E-state index is 13.1. The van der Waals surface area contributed by atoms with E-state index in [1.807, 2.05) is 44.1 Å². The van der Waals surface area contributed by atoms with Gasteiger partial charge in [0.2, 0.25) is 5.91 Å². The average molecular weight is 510 g/mol. The van der Waals surface area contributed by atoms with Gasteiger partial charge in [0.1, 0.15) is 5.75 Å². The molecule has 3 rings (SSSR count). The summed E-state index contributed by atoms with van der Waals surface area (Å²) < 4.78 is 27.5. The highest BCUT2D eigenvalue weighted by molar-refractivity contribution is 9.10. The summed E-state index contributed by atoms with van der Waals surface area (Å²) in [6, 6.07) is 12.3. The van der Waals surface area contributed by atoms with Crippen molar-refractivity contribution in [2.24, 2.45) is 0 Å². The SMILES string of the molecule is Cc1ccc(S(=O)(=O)CC(=O)N(CCCN(C)C)c2nc3ccc(Br)cc3s2)cc1. The Hall–Kier alpha value is -1.81. The van der Waals surface area contributed by atoms with Gasteiger partial charge in [-0.2, -0.15) is 0 Å². The van der Waals surface area contributed by atoms with Crippen LogP contribution in [0.3, 0.4) is 0 Å². The van der Waals surface area contributed by atoms with Crippen LogP contribution in [-0.4, -0.2) is 57.1 Å². The van der Waals surface area contributed by atoms with Crippen LogP contribution in [0.5, 0.6) is 0 Å². The van der Waals surface area contributed by atoms with Crippen molar-refractivity contribution >= 4 is 58.4 Å². The van der Waals surface area contributed by atoms with Crippen LogP contribution in [0.1, 0.15) is 12.0 Å². The van der Waals surface area contributed by atoms with E-state index in [4.69, 9.17) is 0 Å². The van der Waals surface area contributed by atoms with E-state index in [9.17, 15) is 13.2 Å². The predicted molar refractivity (Wildman–Crippen MR) is 126 cm³/mol. The first-order chi connectivity index (χ1) is 14.2. The summed E-state index contributed by atoms with van der Waals surface area (Å²) in [6.45, 7) is 3.08. The minimum absolute atomic E-state index is 0.155. The Morgan fingerprint density at radius 1 is 1.10 bits per heavy atom. The topological polar surface area (TPSA) is 70.6 Å². The third-order valence-corrected chi connectivity index (χ3v) is 7.70. The Bertz CT molecular complexity index is 1140. The van der Waals surface area contributed by atoms with Crippen molar-refractivity contribution in [3.63, 3.8) is 0 Å². The molecule has 0 unspecified atom stereocenters. The van der Waals surface area contributed by atoms with Crippen LogP contribution in [0.4, 0.5) is 5.13 Å². The van der Waals surface area contributed by atoms with E-state index in [2.05, 4.69) is 20.9 Å². The van der Waals surface area contributed by atoms with Gasteiger partial charge >= 0.3 is 0 Å². The number of sulfone groups is 1. The van der Waals surface area contributed by atoms with Gasteiger partial charge in [-0.25, -0.2) is 13.4 Å². The molecule has 0 bridgehead atoms. The monoisotopic (exact) mass is 509 g/mol. The van der Waals surface area contributed by atoms with Gasteiger partial charge in [-0.15, -0.1) is 0 Å². The largest absolute Gasteiger partial charge is 0.309 e. The number of amides is 1. The third kappa shape index (κ3) is 5.66. The second-order valence-corrected chi connectivity index (χ2v) is 11.3. The molecule has 3 aromatic rings. The fourth-order valence-electron chi connectivity index (χ4n) is 2.94. The molecule has 6 nitrogen and oxygen atoms in total. The Balaban J connectivity index is 1.88. The summed E-state index contributed by atoms with van der Waals surface area (Å²) in [7, 11) is 0.183. The predicted octanol–water partition coefficient (Wildman–Crippen LogP) is 4.13. The van der Waals surface area contributed by atoms with Crippen molar-refractivity contribution in [1.82, 2.24) is 9.88 Å². The molecule has 0 radical (unpaired) electrons. The highest BCUT2D eigenvalue weighted by Crippen LogP contribution is 2.31. The van der Waals surface area contributed by atoms with E-state index in [0.29, 0.717) is 18.1 Å². The van der Waals surface area contributed by atoms with Gasteiger partial charge in [0.25, 0.3) is 0 Å². The lowest BCUT2D eigenvalue weighted by Crippen LogP contribution is -2.37. The summed E-state index contributed by atoms with van der Waals surface area (Å²) in [5.41, 5.74) is 1.75. The minimum atomic E-state index is -3.74. The van der Waals surface area contributed by atoms with Gasteiger partial charge in [-0.3, -0.25) is 9.69 Å². The molecule has 0 N–H and O–H groups in total. The van der Waals surface area contributed by atoms with Crippen LogP contribution in [0, 0.1) is 6.92 Å². The maximum absolute atomic E-state index is 13.1. The van der Waals surface area contributed by atoms with Crippen LogP contribution in [0.2, 0.25) is 0 Å². The zero-order valence-corrected chi connectivity index (χ0v) is 20.3. The number of halogens is 1. The summed E-state index contributed by atoms with van der Waals surface area (Å²) in [5, 5.41) is 0.519. The first-order valence-electron chi connectivity index (χ1n) is 9.46. The number of carbonyl (C=O) groups is 1. The molecule has 160 valence electrons. The van der Waals surface area contributed by atoms with E-state index in [-0.39, 0.29) is 4.90 Å². The average Bonchev–Trinajstić information content (AvgIpc) is 3.07. The number of fused-ring (bicyclic) bond motifs is 1. The van der Waals surface area contributed by atoms with Gasteiger partial charge in [0.15, 0.2) is 15.0 Å². The number of aryl methyl sites for hydroxylation is 1. The molecule has 1 aromatic heterocycles. The van der Waals surface area contributed by atoms with E-state index >= 15 is 0 Å². The first-order valence-corrected chi connectivity index (χ1v) is 12.7. The van der Waals surface area contributed by atoms with Crippen molar-refractivity contribution in [3.8, 4) is 0 Å². The highest BCUT2D eigenvalue weighted by atomic mass is 79.9. The van der Waals surface area contributed by atoms with E-state index in [1.54, 1.807) is 24.3 Å². The van der Waals surface area contributed by atoms with Gasteiger partial charge in [-0.05, 0) is 64.3 Å². The number of anilines is 1.